The maximum atomic E-state index is 14.2. The standard InChI is InChI=1S/C35H46FN7O4S/c1-25(2)24-47-35(44)34-33(30-21-29(36)8-9-31(30)37-34)32-23-41(39-38-32)22-28-10-14-40(15-11-28)18-19-43(48(45)46)42-16-12-27(13-17-42)20-26-6-4-3-5-7-26/h3-9,21,23,25,27-28,37H,10-20,22,24H2,1-2H3,(H,45,46)/p-1. The van der Waals surface area contributed by atoms with Crippen LogP contribution in [0.2, 0.25) is 0 Å². The number of likely N-dealkylation sites (tertiary alicyclic amines) is 1. The number of aromatic amines is 1. The average molecular weight is 679 g/mol. The van der Waals surface area contributed by atoms with Crippen LogP contribution in [0.25, 0.3) is 22.2 Å². The number of hydrazine groups is 1. The second-order valence-electron chi connectivity index (χ2n) is 13.5. The zero-order chi connectivity index (χ0) is 33.6. The van der Waals surface area contributed by atoms with Gasteiger partial charge in [0.15, 0.2) is 0 Å². The molecule has 2 saturated heterocycles. The number of fused-ring (bicyclic) bond motifs is 1. The van der Waals surface area contributed by atoms with E-state index >= 15 is 0 Å². The first kappa shape index (κ1) is 34.4. The third kappa shape index (κ3) is 8.56. The minimum atomic E-state index is -2.31. The van der Waals surface area contributed by atoms with Gasteiger partial charge in [0.2, 0.25) is 0 Å². The summed E-state index contributed by atoms with van der Waals surface area (Å²) in [6.07, 6.45) is 6.72. The van der Waals surface area contributed by atoms with Gasteiger partial charge in [-0.15, -0.1) is 5.10 Å². The van der Waals surface area contributed by atoms with E-state index in [4.69, 9.17) is 4.74 Å². The van der Waals surface area contributed by atoms with E-state index in [2.05, 4.69) is 44.5 Å². The molecule has 6 rings (SSSR count). The van der Waals surface area contributed by atoms with Crippen molar-refractivity contribution >= 4 is 28.1 Å². The first-order valence-corrected chi connectivity index (χ1v) is 18.0. The molecule has 2 aromatic carbocycles. The number of aromatic nitrogens is 4. The largest absolute Gasteiger partial charge is 0.759 e. The molecule has 0 spiro atoms. The van der Waals surface area contributed by atoms with Crippen molar-refractivity contribution in [3.05, 3.63) is 71.8 Å². The Morgan fingerprint density at radius 3 is 2.52 bits per heavy atom. The van der Waals surface area contributed by atoms with Gasteiger partial charge in [-0.25, -0.2) is 14.2 Å². The van der Waals surface area contributed by atoms with E-state index in [1.807, 2.05) is 31.1 Å². The fourth-order valence-corrected chi connectivity index (χ4v) is 7.47. The van der Waals surface area contributed by atoms with E-state index in [1.165, 1.54) is 22.1 Å². The number of hydrogen-bond acceptors (Lipinski definition) is 8. The summed E-state index contributed by atoms with van der Waals surface area (Å²) in [4.78, 5) is 18.4. The van der Waals surface area contributed by atoms with Gasteiger partial charge in [0.25, 0.3) is 0 Å². The van der Waals surface area contributed by atoms with E-state index in [0.717, 1.165) is 58.3 Å². The molecule has 1 N–H and O–H groups in total. The smallest absolute Gasteiger partial charge is 0.355 e. The molecular formula is C35H45FN7O4S-. The van der Waals surface area contributed by atoms with Crippen LogP contribution in [-0.2, 0) is 29.0 Å². The van der Waals surface area contributed by atoms with Gasteiger partial charge in [-0.05, 0) is 86.7 Å². The number of rotatable bonds is 13. The predicted molar refractivity (Wildman–Crippen MR) is 182 cm³/mol. The van der Waals surface area contributed by atoms with Crippen molar-refractivity contribution in [2.24, 2.45) is 17.8 Å². The third-order valence-corrected chi connectivity index (χ3v) is 10.3. The quantitative estimate of drug-likeness (QED) is 0.154. The lowest BCUT2D eigenvalue weighted by Gasteiger charge is -2.41. The summed E-state index contributed by atoms with van der Waals surface area (Å²) in [6, 6.07) is 14.9. The van der Waals surface area contributed by atoms with Crippen molar-refractivity contribution in [1.82, 2.24) is 34.3 Å². The molecule has 2 aromatic heterocycles. The molecule has 2 fully saturated rings. The van der Waals surface area contributed by atoms with Gasteiger partial charge in [-0.3, -0.25) is 8.89 Å². The maximum Gasteiger partial charge on any atom is 0.355 e. The Kier molecular flexibility index (Phi) is 11.3. The topological polar surface area (TPSA) is 123 Å². The maximum absolute atomic E-state index is 14.2. The van der Waals surface area contributed by atoms with Crippen molar-refractivity contribution < 1.29 is 22.7 Å². The van der Waals surface area contributed by atoms with E-state index in [1.54, 1.807) is 10.7 Å². The lowest BCUT2D eigenvalue weighted by Crippen LogP contribution is -2.51. The number of hydrogen-bond donors (Lipinski definition) is 1. The summed E-state index contributed by atoms with van der Waals surface area (Å²) < 4.78 is 47.4. The van der Waals surface area contributed by atoms with E-state index in [9.17, 15) is 17.9 Å². The van der Waals surface area contributed by atoms with E-state index < -0.39 is 23.1 Å². The Morgan fingerprint density at radius 1 is 1.08 bits per heavy atom. The molecular weight excluding hydrogens is 633 g/mol. The van der Waals surface area contributed by atoms with Gasteiger partial charge in [-0.1, -0.05) is 49.4 Å². The van der Waals surface area contributed by atoms with Crippen LogP contribution in [-0.4, -0.2) is 94.9 Å². The van der Waals surface area contributed by atoms with Crippen LogP contribution in [0, 0.1) is 23.6 Å². The number of carbonyl (C=O) groups excluding carboxylic acids is 1. The minimum absolute atomic E-state index is 0.175. The summed E-state index contributed by atoms with van der Waals surface area (Å²) in [7, 11) is 0. The van der Waals surface area contributed by atoms with Crippen LogP contribution < -0.4 is 0 Å². The van der Waals surface area contributed by atoms with Gasteiger partial charge >= 0.3 is 5.97 Å². The predicted octanol–water partition coefficient (Wildman–Crippen LogP) is 5.06. The van der Waals surface area contributed by atoms with Crippen LogP contribution in [0.4, 0.5) is 4.39 Å². The summed E-state index contributed by atoms with van der Waals surface area (Å²) >= 11 is -2.31. The number of nitrogens with zero attached hydrogens (tertiary/aromatic N) is 6. The molecule has 13 heteroatoms. The Balaban J connectivity index is 1.01. The van der Waals surface area contributed by atoms with Crippen molar-refractivity contribution in [1.29, 1.82) is 0 Å². The molecule has 1 atom stereocenters. The molecule has 2 aliphatic heterocycles. The van der Waals surface area contributed by atoms with Gasteiger partial charge in [-0.2, -0.15) is 4.41 Å². The molecule has 4 heterocycles. The second kappa shape index (κ2) is 15.8. The van der Waals surface area contributed by atoms with Crippen molar-refractivity contribution in [3.8, 4) is 11.3 Å². The van der Waals surface area contributed by atoms with Gasteiger partial charge in [0.05, 0.1) is 12.8 Å². The normalized spacial score (nSPS) is 17.9. The summed E-state index contributed by atoms with van der Waals surface area (Å²) in [5, 5.41) is 11.3. The molecule has 11 nitrogen and oxygen atoms in total. The zero-order valence-electron chi connectivity index (χ0n) is 27.7. The van der Waals surface area contributed by atoms with Gasteiger partial charge in [0, 0.05) is 60.5 Å². The van der Waals surface area contributed by atoms with Crippen molar-refractivity contribution in [3.63, 3.8) is 0 Å². The first-order valence-electron chi connectivity index (χ1n) is 17.0. The second-order valence-corrected chi connectivity index (χ2v) is 14.4. The molecule has 0 radical (unpaired) electrons. The molecule has 0 bridgehead atoms. The fourth-order valence-electron chi connectivity index (χ4n) is 6.89. The van der Waals surface area contributed by atoms with E-state index in [0.29, 0.717) is 53.6 Å². The number of esters is 1. The number of halogens is 1. The lowest BCUT2D eigenvalue weighted by atomic mass is 9.91. The summed E-state index contributed by atoms with van der Waals surface area (Å²) in [5.74, 6) is 0.208. The molecule has 48 heavy (non-hydrogen) atoms. The fraction of sp³-hybridized carbons (Fsp3) is 0.514. The lowest BCUT2D eigenvalue weighted by molar-refractivity contribution is 0.0126. The molecule has 1 unspecified atom stereocenters. The van der Waals surface area contributed by atoms with Crippen molar-refractivity contribution in [2.45, 2.75) is 52.5 Å². The summed E-state index contributed by atoms with van der Waals surface area (Å²) in [5.41, 5.74) is 3.17. The number of carbonyl (C=O) groups is 1. The number of piperidine rings is 2. The number of ether oxygens (including phenoxy) is 1. The zero-order valence-corrected chi connectivity index (χ0v) is 28.5. The van der Waals surface area contributed by atoms with Crippen LogP contribution in [0.5, 0.6) is 0 Å². The Labute approximate surface area is 283 Å². The minimum Gasteiger partial charge on any atom is -0.759 e. The highest BCUT2D eigenvalue weighted by atomic mass is 32.2. The summed E-state index contributed by atoms with van der Waals surface area (Å²) in [6.45, 7) is 9.25. The van der Waals surface area contributed by atoms with Crippen LogP contribution in [0.3, 0.4) is 0 Å². The molecule has 0 amide bonds. The van der Waals surface area contributed by atoms with Crippen molar-refractivity contribution in [2.75, 3.05) is 45.9 Å². The number of nitrogens with one attached hydrogen (secondary N) is 1. The third-order valence-electron chi connectivity index (χ3n) is 9.51. The highest BCUT2D eigenvalue weighted by Gasteiger charge is 2.27. The molecule has 2 aliphatic rings. The average Bonchev–Trinajstić information content (AvgIpc) is 3.69. The van der Waals surface area contributed by atoms with Gasteiger partial charge < -0.3 is 19.2 Å². The first-order chi connectivity index (χ1) is 23.2. The SMILES string of the molecule is CC(C)COC(=O)c1[nH]c2ccc(F)cc2c1-c1cn(CC2CCN(CCN(N3CCC(Cc4ccccc4)CC3)S(=O)[O-])CC2)nn1. The highest BCUT2D eigenvalue weighted by Crippen LogP contribution is 2.33. The van der Waals surface area contributed by atoms with Crippen LogP contribution >= 0.6 is 0 Å². The van der Waals surface area contributed by atoms with E-state index in [-0.39, 0.29) is 18.2 Å². The number of benzene rings is 2. The highest BCUT2D eigenvalue weighted by molar-refractivity contribution is 7.76. The van der Waals surface area contributed by atoms with Crippen LogP contribution in [0.1, 0.15) is 55.6 Å². The van der Waals surface area contributed by atoms with Crippen LogP contribution in [0.15, 0.2) is 54.7 Å². The molecule has 4 aromatic rings. The molecule has 0 aliphatic carbocycles. The van der Waals surface area contributed by atoms with Gasteiger partial charge in [0.1, 0.15) is 17.2 Å². The number of H-pyrrole nitrogens is 1. The molecule has 0 saturated carbocycles. The Bertz CT molecular complexity index is 1680. The Hall–Kier alpha value is -3.49. The Morgan fingerprint density at radius 2 is 1.81 bits per heavy atom. The molecule has 258 valence electrons. The monoisotopic (exact) mass is 678 g/mol.